The maximum absolute atomic E-state index is 12.4. The second-order valence-corrected chi connectivity index (χ2v) is 6.91. The average molecular weight is 342 g/mol. The van der Waals surface area contributed by atoms with Crippen LogP contribution in [0.25, 0.3) is 0 Å². The van der Waals surface area contributed by atoms with Crippen molar-refractivity contribution in [2.75, 3.05) is 18.8 Å². The summed E-state index contributed by atoms with van der Waals surface area (Å²) in [5.41, 5.74) is 9.01. The lowest BCUT2D eigenvalue weighted by Crippen LogP contribution is -2.43. The van der Waals surface area contributed by atoms with Gasteiger partial charge in [0.15, 0.2) is 0 Å². The summed E-state index contributed by atoms with van der Waals surface area (Å²) in [6.07, 6.45) is 1.76. The lowest BCUT2D eigenvalue weighted by Gasteiger charge is -2.31. The molecular weight excluding hydrogens is 316 g/mol. The van der Waals surface area contributed by atoms with E-state index in [0.717, 1.165) is 42.8 Å². The van der Waals surface area contributed by atoms with Crippen molar-refractivity contribution < 1.29 is 9.32 Å². The summed E-state index contributed by atoms with van der Waals surface area (Å²) in [5, 5.41) is 7.18. The number of carbonyl (C=O) groups excluding carboxylic acids is 1. The fourth-order valence-corrected chi connectivity index (χ4v) is 3.44. The topological polar surface area (TPSA) is 84.4 Å². The van der Waals surface area contributed by atoms with Crippen LogP contribution >= 0.6 is 0 Å². The summed E-state index contributed by atoms with van der Waals surface area (Å²) >= 11 is 0. The summed E-state index contributed by atoms with van der Waals surface area (Å²) in [6, 6.07) is 9.93. The predicted octanol–water partition coefficient (Wildman–Crippen LogP) is 3.47. The summed E-state index contributed by atoms with van der Waals surface area (Å²) in [5.74, 6) is 1.01. The van der Waals surface area contributed by atoms with Crippen LogP contribution < -0.4 is 11.1 Å². The molecule has 1 fully saturated rings. The van der Waals surface area contributed by atoms with Crippen LogP contribution in [-0.2, 0) is 6.54 Å². The first-order valence-electron chi connectivity index (χ1n) is 8.88. The predicted molar refractivity (Wildman–Crippen MR) is 97.2 cm³/mol. The molecule has 1 aromatic carbocycles. The van der Waals surface area contributed by atoms with Crippen LogP contribution in [0.2, 0.25) is 0 Å². The van der Waals surface area contributed by atoms with Crippen LogP contribution in [0, 0.1) is 0 Å². The zero-order valence-corrected chi connectivity index (χ0v) is 14.9. The molecule has 25 heavy (non-hydrogen) atoms. The number of nitrogens with zero attached hydrogens (tertiary/aromatic N) is 2. The highest BCUT2D eigenvalue weighted by Gasteiger charge is 2.29. The number of carbonyl (C=O) groups is 1. The Morgan fingerprint density at radius 1 is 1.32 bits per heavy atom. The third-order valence-corrected chi connectivity index (χ3v) is 4.82. The smallest absolute Gasteiger partial charge is 0.317 e. The van der Waals surface area contributed by atoms with Gasteiger partial charge in [0.25, 0.3) is 0 Å². The lowest BCUT2D eigenvalue weighted by molar-refractivity contribution is 0.180. The molecule has 0 aliphatic carbocycles. The van der Waals surface area contributed by atoms with E-state index in [4.69, 9.17) is 10.3 Å². The number of hydrogen-bond acceptors (Lipinski definition) is 4. The van der Waals surface area contributed by atoms with Crippen molar-refractivity contribution in [1.82, 2.24) is 15.4 Å². The molecule has 2 aromatic rings. The number of urea groups is 1. The fraction of sp³-hybridized carbons (Fsp3) is 0.474. The fourth-order valence-electron chi connectivity index (χ4n) is 3.44. The summed E-state index contributed by atoms with van der Waals surface area (Å²) in [4.78, 5) is 14.2. The number of nitrogen functional groups attached to an aromatic ring is 1. The zero-order valence-electron chi connectivity index (χ0n) is 14.9. The van der Waals surface area contributed by atoms with Gasteiger partial charge in [-0.3, -0.25) is 0 Å². The molecular formula is C19H26N4O2. The van der Waals surface area contributed by atoms with Gasteiger partial charge in [0, 0.05) is 31.1 Å². The minimum absolute atomic E-state index is 0.00828. The van der Waals surface area contributed by atoms with Crippen molar-refractivity contribution in [3.63, 3.8) is 0 Å². The van der Waals surface area contributed by atoms with Crippen molar-refractivity contribution in [2.45, 2.75) is 45.1 Å². The first-order chi connectivity index (χ1) is 12.1. The highest BCUT2D eigenvalue weighted by Crippen LogP contribution is 2.35. The number of piperidine rings is 1. The number of likely N-dealkylation sites (tertiary alicyclic amines) is 1. The molecule has 3 N–H and O–H groups in total. The third kappa shape index (κ3) is 3.95. The van der Waals surface area contributed by atoms with Gasteiger partial charge in [-0.1, -0.05) is 49.3 Å². The van der Waals surface area contributed by atoms with E-state index >= 15 is 0 Å². The second kappa shape index (κ2) is 7.59. The van der Waals surface area contributed by atoms with E-state index < -0.39 is 0 Å². The molecule has 1 saturated heterocycles. The quantitative estimate of drug-likeness (QED) is 0.891. The van der Waals surface area contributed by atoms with Gasteiger partial charge in [0.2, 0.25) is 5.88 Å². The van der Waals surface area contributed by atoms with Crippen LogP contribution in [-0.4, -0.2) is 29.2 Å². The van der Waals surface area contributed by atoms with E-state index in [2.05, 4.69) is 24.3 Å². The van der Waals surface area contributed by atoms with E-state index in [1.165, 1.54) is 0 Å². The Morgan fingerprint density at radius 2 is 2.00 bits per heavy atom. The van der Waals surface area contributed by atoms with Gasteiger partial charge in [0.05, 0.1) is 5.69 Å². The van der Waals surface area contributed by atoms with Crippen molar-refractivity contribution >= 4 is 11.9 Å². The van der Waals surface area contributed by atoms with E-state index in [1.807, 2.05) is 35.2 Å². The first-order valence-corrected chi connectivity index (χ1v) is 8.88. The normalized spacial score (nSPS) is 15.6. The van der Waals surface area contributed by atoms with E-state index in [-0.39, 0.29) is 11.9 Å². The molecule has 134 valence electrons. The van der Waals surface area contributed by atoms with Crippen LogP contribution in [0.3, 0.4) is 0 Å². The molecule has 0 bridgehead atoms. The average Bonchev–Trinajstić information content (AvgIpc) is 3.02. The van der Waals surface area contributed by atoms with Gasteiger partial charge in [-0.05, 0) is 24.3 Å². The van der Waals surface area contributed by atoms with Crippen LogP contribution in [0.4, 0.5) is 10.7 Å². The number of rotatable bonds is 4. The van der Waals surface area contributed by atoms with Crippen LogP contribution in [0.15, 0.2) is 34.9 Å². The minimum Gasteiger partial charge on any atom is -0.367 e. The number of aromatic nitrogens is 1. The van der Waals surface area contributed by atoms with Gasteiger partial charge >= 0.3 is 6.03 Å². The largest absolute Gasteiger partial charge is 0.367 e. The van der Waals surface area contributed by atoms with Gasteiger partial charge in [0.1, 0.15) is 0 Å². The lowest BCUT2D eigenvalue weighted by atomic mass is 9.88. The maximum Gasteiger partial charge on any atom is 0.317 e. The van der Waals surface area contributed by atoms with Gasteiger partial charge in [-0.15, -0.1) is 0 Å². The molecule has 1 aliphatic rings. The van der Waals surface area contributed by atoms with Crippen LogP contribution in [0.1, 0.15) is 55.3 Å². The molecule has 6 heteroatoms. The van der Waals surface area contributed by atoms with Crippen molar-refractivity contribution in [3.8, 4) is 0 Å². The summed E-state index contributed by atoms with van der Waals surface area (Å²) < 4.78 is 5.21. The molecule has 1 aliphatic heterocycles. The Hall–Kier alpha value is -2.50. The second-order valence-electron chi connectivity index (χ2n) is 6.91. The summed E-state index contributed by atoms with van der Waals surface area (Å²) in [7, 11) is 0. The molecule has 0 spiro atoms. The number of anilines is 1. The van der Waals surface area contributed by atoms with Crippen LogP contribution in [0.5, 0.6) is 0 Å². The molecule has 2 heterocycles. The summed E-state index contributed by atoms with van der Waals surface area (Å²) in [6.45, 7) is 6.18. The molecule has 0 unspecified atom stereocenters. The van der Waals surface area contributed by atoms with Crippen molar-refractivity contribution in [1.29, 1.82) is 0 Å². The van der Waals surface area contributed by atoms with Gasteiger partial charge in [-0.2, -0.15) is 0 Å². The SMILES string of the molecule is CC(C)c1c(C2CCN(C(=O)NCc3ccccc3)CC2)noc1N. The van der Waals surface area contributed by atoms with E-state index in [1.54, 1.807) is 0 Å². The first kappa shape index (κ1) is 17.3. The molecule has 0 radical (unpaired) electrons. The van der Waals surface area contributed by atoms with Crippen molar-refractivity contribution in [2.24, 2.45) is 0 Å². The Labute approximate surface area is 148 Å². The van der Waals surface area contributed by atoms with Gasteiger partial charge < -0.3 is 20.5 Å². The number of nitrogens with two attached hydrogens (primary N) is 1. The Bertz CT molecular complexity index is 703. The molecule has 1 aromatic heterocycles. The highest BCUT2D eigenvalue weighted by molar-refractivity contribution is 5.74. The Morgan fingerprint density at radius 3 is 2.64 bits per heavy atom. The number of hydrogen-bond donors (Lipinski definition) is 2. The van der Waals surface area contributed by atoms with Crippen molar-refractivity contribution in [3.05, 3.63) is 47.2 Å². The van der Waals surface area contributed by atoms with E-state index in [0.29, 0.717) is 18.3 Å². The number of nitrogens with one attached hydrogen (secondary N) is 1. The van der Waals surface area contributed by atoms with E-state index in [9.17, 15) is 4.79 Å². The third-order valence-electron chi connectivity index (χ3n) is 4.82. The Balaban J connectivity index is 1.54. The minimum atomic E-state index is -0.00828. The maximum atomic E-state index is 12.4. The number of amides is 2. The molecule has 2 amide bonds. The van der Waals surface area contributed by atoms with Gasteiger partial charge in [-0.25, -0.2) is 4.79 Å². The Kier molecular flexibility index (Phi) is 5.26. The number of benzene rings is 1. The molecule has 0 saturated carbocycles. The molecule has 0 atom stereocenters. The highest BCUT2D eigenvalue weighted by atomic mass is 16.5. The zero-order chi connectivity index (χ0) is 17.8. The molecule has 3 rings (SSSR count). The monoisotopic (exact) mass is 342 g/mol. The molecule has 6 nitrogen and oxygen atoms in total. The standard InChI is InChI=1S/C19H26N4O2/c1-13(2)16-17(22-25-18(16)20)15-8-10-23(11-9-15)19(24)21-12-14-6-4-3-5-7-14/h3-7,13,15H,8-12,20H2,1-2H3,(H,21,24).